The molecule has 1 aliphatic rings. The maximum atomic E-state index is 6.11. The van der Waals surface area contributed by atoms with Gasteiger partial charge >= 0.3 is 0 Å². The van der Waals surface area contributed by atoms with Gasteiger partial charge in [0, 0.05) is 36.2 Å². The molecule has 1 N–H and O–H groups in total. The molecule has 0 amide bonds. The number of methoxy groups -OCH3 is 1. The fourth-order valence-electron chi connectivity index (χ4n) is 3.52. The van der Waals surface area contributed by atoms with E-state index in [-0.39, 0.29) is 5.54 Å². The van der Waals surface area contributed by atoms with Gasteiger partial charge in [-0.05, 0) is 49.9 Å². The van der Waals surface area contributed by atoms with Gasteiger partial charge < -0.3 is 19.5 Å². The first-order valence-electron chi connectivity index (χ1n) is 9.88. The molecule has 1 aliphatic heterocycles. The summed E-state index contributed by atoms with van der Waals surface area (Å²) in [7, 11) is 1.71. The highest BCUT2D eigenvalue weighted by atomic mass is 79.9. The smallest absolute Gasteiger partial charge is 0.162 e. The van der Waals surface area contributed by atoms with Crippen LogP contribution in [0.25, 0.3) is 0 Å². The molecule has 1 fully saturated rings. The summed E-state index contributed by atoms with van der Waals surface area (Å²) in [4.78, 5) is 0. The molecule has 0 aliphatic carbocycles. The van der Waals surface area contributed by atoms with Gasteiger partial charge in [-0.15, -0.1) is 0 Å². The zero-order valence-corrected chi connectivity index (χ0v) is 18.6. The first-order valence-corrected chi connectivity index (χ1v) is 10.7. The predicted molar refractivity (Wildman–Crippen MR) is 116 cm³/mol. The molecule has 152 valence electrons. The van der Waals surface area contributed by atoms with Crippen LogP contribution in [0, 0.1) is 0 Å². The molecule has 1 atom stereocenters. The van der Waals surface area contributed by atoms with Crippen molar-refractivity contribution in [2.45, 2.75) is 51.3 Å². The molecule has 5 heteroatoms. The van der Waals surface area contributed by atoms with Crippen LogP contribution in [0.4, 0.5) is 0 Å². The average Bonchev–Trinajstić information content (AvgIpc) is 3.05. The Morgan fingerprint density at radius 3 is 2.50 bits per heavy atom. The fraction of sp³-hybridized carbons (Fsp3) is 0.478. The lowest BCUT2D eigenvalue weighted by Gasteiger charge is -2.22. The van der Waals surface area contributed by atoms with Crippen LogP contribution in [-0.2, 0) is 11.3 Å². The minimum absolute atomic E-state index is 0.159. The molecule has 4 nitrogen and oxygen atoms in total. The molecule has 0 spiro atoms. The molecular weight excluding hydrogens is 418 g/mol. The molecule has 0 bridgehead atoms. The first kappa shape index (κ1) is 21.2. The summed E-state index contributed by atoms with van der Waals surface area (Å²) in [6, 6.07) is 14.7. The zero-order valence-electron chi connectivity index (χ0n) is 17.0. The van der Waals surface area contributed by atoms with Gasteiger partial charge in [0.25, 0.3) is 0 Å². The van der Waals surface area contributed by atoms with Gasteiger partial charge in [0.15, 0.2) is 11.5 Å². The van der Waals surface area contributed by atoms with Gasteiger partial charge in [0.2, 0.25) is 0 Å². The second-order valence-corrected chi connectivity index (χ2v) is 8.76. The van der Waals surface area contributed by atoms with Crippen molar-refractivity contribution < 1.29 is 14.2 Å². The summed E-state index contributed by atoms with van der Waals surface area (Å²) in [5, 5.41) is 3.72. The van der Waals surface area contributed by atoms with E-state index in [2.05, 4.69) is 53.3 Å². The van der Waals surface area contributed by atoms with Crippen LogP contribution in [0.2, 0.25) is 0 Å². The number of rotatable bonds is 9. The lowest BCUT2D eigenvalue weighted by molar-refractivity contribution is 0.169. The van der Waals surface area contributed by atoms with Crippen molar-refractivity contribution in [1.29, 1.82) is 0 Å². The summed E-state index contributed by atoms with van der Waals surface area (Å²) < 4.78 is 18.4. The van der Waals surface area contributed by atoms with Crippen molar-refractivity contribution in [3.05, 3.63) is 58.1 Å². The highest BCUT2D eigenvalue weighted by Gasteiger charge is 2.32. The molecule has 28 heavy (non-hydrogen) atoms. The molecule has 1 saturated heterocycles. The highest BCUT2D eigenvalue weighted by Crippen LogP contribution is 2.41. The van der Waals surface area contributed by atoms with Crippen molar-refractivity contribution >= 4 is 15.9 Å². The Morgan fingerprint density at radius 1 is 1.07 bits per heavy atom. The summed E-state index contributed by atoms with van der Waals surface area (Å²) in [5.41, 5.74) is 2.51. The summed E-state index contributed by atoms with van der Waals surface area (Å²) in [5.74, 6) is 1.55. The normalized spacial score (nSPS) is 18.2. The molecule has 1 unspecified atom stereocenters. The topological polar surface area (TPSA) is 39.7 Å². The number of ether oxygens (including phenoxy) is 3. The second-order valence-electron chi connectivity index (χ2n) is 7.91. The Labute approximate surface area is 176 Å². The van der Waals surface area contributed by atoms with E-state index in [1.807, 2.05) is 24.3 Å². The minimum atomic E-state index is 0.159. The van der Waals surface area contributed by atoms with Crippen LogP contribution in [0.5, 0.6) is 11.5 Å². The number of hydrogen-bond donors (Lipinski definition) is 1. The highest BCUT2D eigenvalue weighted by molar-refractivity contribution is 9.10. The molecule has 2 aromatic carbocycles. The van der Waals surface area contributed by atoms with Gasteiger partial charge in [-0.2, -0.15) is 0 Å². The van der Waals surface area contributed by atoms with Crippen molar-refractivity contribution in [1.82, 2.24) is 5.32 Å². The van der Waals surface area contributed by atoms with Crippen molar-refractivity contribution in [2.24, 2.45) is 0 Å². The Kier molecular flexibility index (Phi) is 7.38. The van der Waals surface area contributed by atoms with E-state index in [1.165, 1.54) is 5.56 Å². The third-order valence-corrected chi connectivity index (χ3v) is 5.74. The molecule has 2 aromatic rings. The molecule has 0 radical (unpaired) electrons. The van der Waals surface area contributed by atoms with Gasteiger partial charge in [-0.1, -0.05) is 46.3 Å². The average molecular weight is 448 g/mol. The number of hydrogen-bond acceptors (Lipinski definition) is 4. The van der Waals surface area contributed by atoms with E-state index in [4.69, 9.17) is 14.2 Å². The SMILES string of the molecule is COCCCOc1cc(C2CCC(C)(C)N2)c(Br)cc1OCc1ccccc1. The van der Waals surface area contributed by atoms with E-state index in [0.29, 0.717) is 25.9 Å². The summed E-state index contributed by atoms with van der Waals surface area (Å²) in [6.07, 6.45) is 3.11. The van der Waals surface area contributed by atoms with Gasteiger partial charge in [0.1, 0.15) is 6.61 Å². The quantitative estimate of drug-likeness (QED) is 0.504. The van der Waals surface area contributed by atoms with E-state index in [1.54, 1.807) is 7.11 Å². The van der Waals surface area contributed by atoms with E-state index >= 15 is 0 Å². The second kappa shape index (κ2) is 9.77. The van der Waals surface area contributed by atoms with Crippen LogP contribution in [-0.4, -0.2) is 25.9 Å². The number of halogens is 1. The van der Waals surface area contributed by atoms with Crippen LogP contribution in [0.1, 0.15) is 50.3 Å². The largest absolute Gasteiger partial charge is 0.490 e. The zero-order chi connectivity index (χ0) is 20.0. The van der Waals surface area contributed by atoms with E-state index in [9.17, 15) is 0 Å². The standard InChI is InChI=1S/C23H30BrNO3/c1-23(2)11-10-20(25-23)18-14-21(27-13-7-12-26-3)22(15-19(18)24)28-16-17-8-5-4-6-9-17/h4-6,8-9,14-15,20,25H,7,10-13,16H2,1-3H3. The Balaban J connectivity index is 1.79. The third-order valence-electron chi connectivity index (χ3n) is 5.05. The summed E-state index contributed by atoms with van der Waals surface area (Å²) in [6.45, 7) is 6.29. The van der Waals surface area contributed by atoms with Gasteiger partial charge in [0.05, 0.1) is 6.61 Å². The van der Waals surface area contributed by atoms with Crippen LogP contribution in [0.3, 0.4) is 0 Å². The summed E-state index contributed by atoms with van der Waals surface area (Å²) >= 11 is 3.75. The molecule has 0 saturated carbocycles. The number of benzene rings is 2. The lowest BCUT2D eigenvalue weighted by Crippen LogP contribution is -2.33. The Morgan fingerprint density at radius 2 is 1.82 bits per heavy atom. The minimum Gasteiger partial charge on any atom is -0.490 e. The van der Waals surface area contributed by atoms with Gasteiger partial charge in [-0.25, -0.2) is 0 Å². The van der Waals surface area contributed by atoms with E-state index < -0.39 is 0 Å². The Bertz CT molecular complexity index is 764. The van der Waals surface area contributed by atoms with E-state index in [0.717, 1.165) is 40.8 Å². The van der Waals surface area contributed by atoms with Gasteiger partial charge in [-0.3, -0.25) is 0 Å². The van der Waals surface area contributed by atoms with Crippen molar-refractivity contribution in [2.75, 3.05) is 20.3 Å². The fourth-order valence-corrected chi connectivity index (χ4v) is 4.12. The lowest BCUT2D eigenvalue weighted by atomic mass is 10.0. The maximum absolute atomic E-state index is 6.11. The molecule has 1 heterocycles. The van der Waals surface area contributed by atoms with Crippen molar-refractivity contribution in [3.63, 3.8) is 0 Å². The maximum Gasteiger partial charge on any atom is 0.162 e. The third kappa shape index (κ3) is 5.72. The monoisotopic (exact) mass is 447 g/mol. The predicted octanol–water partition coefficient (Wildman–Crippen LogP) is 5.65. The first-order chi connectivity index (χ1) is 13.5. The Hall–Kier alpha value is -1.56. The molecule has 0 aromatic heterocycles. The van der Waals surface area contributed by atoms with Crippen LogP contribution < -0.4 is 14.8 Å². The van der Waals surface area contributed by atoms with Crippen LogP contribution in [0.15, 0.2) is 46.9 Å². The molecular formula is C23H30BrNO3. The number of nitrogens with one attached hydrogen (secondary N) is 1. The van der Waals surface area contributed by atoms with Crippen molar-refractivity contribution in [3.8, 4) is 11.5 Å². The molecule has 3 rings (SSSR count). The van der Waals surface area contributed by atoms with Crippen LogP contribution >= 0.6 is 15.9 Å².